The van der Waals surface area contributed by atoms with Gasteiger partial charge in [-0.2, -0.15) is 14.8 Å². The second kappa shape index (κ2) is 9.77. The summed E-state index contributed by atoms with van der Waals surface area (Å²) in [5.41, 5.74) is 0.523. The van der Waals surface area contributed by atoms with Crippen molar-refractivity contribution in [2.45, 2.75) is 32.2 Å². The first-order chi connectivity index (χ1) is 18.8. The van der Waals surface area contributed by atoms with Crippen LogP contribution in [0.25, 0.3) is 5.65 Å². The van der Waals surface area contributed by atoms with E-state index < -0.39 is 11.8 Å². The fraction of sp³-hybridized carbons (Fsp3) is 0.480. The molecule has 4 heterocycles. The van der Waals surface area contributed by atoms with E-state index >= 15 is 0 Å². The molecule has 1 aromatic carbocycles. The number of nitrogens with one attached hydrogen (secondary N) is 2. The van der Waals surface area contributed by atoms with E-state index in [-0.39, 0.29) is 39.9 Å². The zero-order valence-corrected chi connectivity index (χ0v) is 21.9. The topological polar surface area (TPSA) is 124 Å². The minimum atomic E-state index is -2.74. The Morgan fingerprint density at radius 3 is 2.62 bits per heavy atom. The lowest BCUT2D eigenvalue weighted by molar-refractivity contribution is -0.169. The molecule has 204 valence electrons. The molecule has 2 aliphatic heterocycles. The van der Waals surface area contributed by atoms with Gasteiger partial charge >= 0.3 is 0 Å². The Morgan fingerprint density at radius 2 is 2.00 bits per heavy atom. The van der Waals surface area contributed by atoms with Crippen molar-refractivity contribution < 1.29 is 18.3 Å². The van der Waals surface area contributed by atoms with Gasteiger partial charge in [-0.25, -0.2) is 13.8 Å². The summed E-state index contributed by atoms with van der Waals surface area (Å²) in [6, 6.07) is 4.94. The van der Waals surface area contributed by atoms with Crippen LogP contribution in [0.15, 0.2) is 18.3 Å². The molecule has 0 unspecified atom stereocenters. The fourth-order valence-corrected chi connectivity index (χ4v) is 5.07. The Morgan fingerprint density at radius 1 is 1.26 bits per heavy atom. The number of amides is 1. The van der Waals surface area contributed by atoms with Crippen molar-refractivity contribution >= 4 is 46.3 Å². The van der Waals surface area contributed by atoms with Gasteiger partial charge in [0.25, 0.3) is 6.43 Å². The minimum Gasteiger partial charge on any atom is -0.379 e. The standard InChI is InChI=1S/C25H26ClF2N9O2/c1-25(12-39-13-25)23(38)36-6-4-35(5-7-36)18-9-14(20(27)28)8-17(19(18)26)32-24-33-21(31-15-2-3-15)22-30-11-16(10-29)37(22)34-24/h8-9,11,15,20H,2-7,12-13H2,1H3,(H2,31,32,33,34). The number of hydrogen-bond donors (Lipinski definition) is 2. The van der Waals surface area contributed by atoms with Crippen molar-refractivity contribution in [3.05, 3.63) is 34.6 Å². The molecule has 0 atom stereocenters. The first-order valence-electron chi connectivity index (χ1n) is 12.7. The van der Waals surface area contributed by atoms with Crippen LogP contribution in [-0.4, -0.2) is 75.8 Å². The number of carbonyl (C=O) groups is 1. The maximum atomic E-state index is 13.9. The molecular weight excluding hydrogens is 532 g/mol. The van der Waals surface area contributed by atoms with Crippen LogP contribution in [-0.2, 0) is 9.53 Å². The Hall–Kier alpha value is -3.76. The van der Waals surface area contributed by atoms with Crippen LogP contribution in [0.3, 0.4) is 0 Å². The quantitative estimate of drug-likeness (QED) is 0.448. The van der Waals surface area contributed by atoms with E-state index in [1.807, 2.05) is 17.9 Å². The summed E-state index contributed by atoms with van der Waals surface area (Å²) < 4.78 is 34.5. The second-order valence-corrected chi connectivity index (χ2v) is 10.7. The van der Waals surface area contributed by atoms with Gasteiger partial charge in [-0.15, -0.1) is 5.10 Å². The molecule has 2 aromatic heterocycles. The number of halogens is 3. The molecule has 3 fully saturated rings. The number of rotatable bonds is 7. The lowest BCUT2D eigenvalue weighted by atomic mass is 9.86. The number of nitriles is 1. The molecule has 1 saturated carbocycles. The third-order valence-electron chi connectivity index (χ3n) is 7.23. The molecule has 2 N–H and O–H groups in total. The highest BCUT2D eigenvalue weighted by Gasteiger charge is 2.44. The molecule has 3 aromatic rings. The summed E-state index contributed by atoms with van der Waals surface area (Å²) in [5.74, 6) is 0.553. The van der Waals surface area contributed by atoms with Gasteiger partial charge in [0, 0.05) is 37.8 Å². The summed E-state index contributed by atoms with van der Waals surface area (Å²) in [6.45, 7) is 4.47. The number of piperazine rings is 1. The number of alkyl halides is 2. The molecule has 0 radical (unpaired) electrons. The molecule has 14 heteroatoms. The van der Waals surface area contributed by atoms with Gasteiger partial charge in [-0.05, 0) is 31.9 Å². The van der Waals surface area contributed by atoms with Crippen LogP contribution in [0, 0.1) is 16.7 Å². The first-order valence-corrected chi connectivity index (χ1v) is 13.1. The average Bonchev–Trinajstić information content (AvgIpc) is 3.63. The second-order valence-electron chi connectivity index (χ2n) is 10.4. The molecule has 39 heavy (non-hydrogen) atoms. The van der Waals surface area contributed by atoms with Crippen molar-refractivity contribution in [3.8, 4) is 6.07 Å². The highest BCUT2D eigenvalue weighted by Crippen LogP contribution is 2.39. The summed E-state index contributed by atoms with van der Waals surface area (Å²) in [5, 5.41) is 20.3. The zero-order chi connectivity index (χ0) is 27.3. The van der Waals surface area contributed by atoms with Crippen LogP contribution in [0.2, 0.25) is 5.02 Å². The van der Waals surface area contributed by atoms with Crippen LogP contribution in [0.4, 0.5) is 31.9 Å². The number of hydrogen-bond acceptors (Lipinski definition) is 9. The summed E-state index contributed by atoms with van der Waals surface area (Å²) >= 11 is 6.77. The number of anilines is 4. The van der Waals surface area contributed by atoms with Crippen molar-refractivity contribution in [3.63, 3.8) is 0 Å². The Bertz CT molecular complexity index is 1470. The van der Waals surface area contributed by atoms with E-state index in [9.17, 15) is 18.8 Å². The molecule has 0 spiro atoms. The Labute approximate surface area is 227 Å². The molecule has 11 nitrogen and oxygen atoms in total. The number of nitrogens with zero attached hydrogens (tertiary/aromatic N) is 7. The van der Waals surface area contributed by atoms with Crippen molar-refractivity contribution in [2.75, 3.05) is 54.9 Å². The summed E-state index contributed by atoms with van der Waals surface area (Å²) in [6.07, 6.45) is 0.638. The molecule has 2 saturated heterocycles. The van der Waals surface area contributed by atoms with Gasteiger partial charge < -0.3 is 25.2 Å². The third kappa shape index (κ3) is 4.79. The molecule has 6 rings (SSSR count). The van der Waals surface area contributed by atoms with Crippen molar-refractivity contribution in [1.29, 1.82) is 5.26 Å². The highest BCUT2D eigenvalue weighted by molar-refractivity contribution is 6.36. The molecule has 1 aliphatic carbocycles. The summed E-state index contributed by atoms with van der Waals surface area (Å²) in [4.78, 5) is 25.3. The first kappa shape index (κ1) is 25.5. The van der Waals surface area contributed by atoms with E-state index in [0.29, 0.717) is 56.5 Å². The van der Waals surface area contributed by atoms with Gasteiger partial charge in [0.2, 0.25) is 11.9 Å². The lowest BCUT2D eigenvalue weighted by Gasteiger charge is -2.43. The number of ether oxygens (including phenoxy) is 1. The van der Waals surface area contributed by atoms with Crippen LogP contribution >= 0.6 is 11.6 Å². The van der Waals surface area contributed by atoms with Gasteiger partial charge in [0.1, 0.15) is 6.07 Å². The van der Waals surface area contributed by atoms with Gasteiger partial charge in [0.15, 0.2) is 17.2 Å². The van der Waals surface area contributed by atoms with Crippen molar-refractivity contribution in [1.82, 2.24) is 24.5 Å². The zero-order valence-electron chi connectivity index (χ0n) is 21.1. The number of fused-ring (bicyclic) bond motifs is 1. The highest BCUT2D eigenvalue weighted by atomic mass is 35.5. The normalized spacial score (nSPS) is 18.7. The number of imidazole rings is 1. The van der Waals surface area contributed by atoms with E-state index in [1.165, 1.54) is 22.8 Å². The predicted octanol–water partition coefficient (Wildman–Crippen LogP) is 3.59. The molecule has 0 bridgehead atoms. The van der Waals surface area contributed by atoms with Gasteiger partial charge in [-0.3, -0.25) is 4.79 Å². The Kier molecular flexibility index (Phi) is 6.39. The number of carbonyl (C=O) groups excluding carboxylic acids is 1. The largest absolute Gasteiger partial charge is 0.379 e. The smallest absolute Gasteiger partial charge is 0.264 e. The molecule has 3 aliphatic rings. The lowest BCUT2D eigenvalue weighted by Crippen LogP contribution is -2.58. The van der Waals surface area contributed by atoms with E-state index in [2.05, 4.69) is 25.7 Å². The predicted molar refractivity (Wildman–Crippen MR) is 140 cm³/mol. The van der Waals surface area contributed by atoms with Crippen LogP contribution in [0.5, 0.6) is 0 Å². The van der Waals surface area contributed by atoms with E-state index in [1.54, 1.807) is 4.90 Å². The third-order valence-corrected chi connectivity index (χ3v) is 7.63. The van der Waals surface area contributed by atoms with Gasteiger partial charge in [-0.1, -0.05) is 11.6 Å². The number of benzene rings is 1. The maximum Gasteiger partial charge on any atom is 0.264 e. The van der Waals surface area contributed by atoms with Gasteiger partial charge in [0.05, 0.1) is 41.2 Å². The molecular formula is C25H26ClF2N9O2. The van der Waals surface area contributed by atoms with E-state index in [0.717, 1.165) is 12.8 Å². The SMILES string of the molecule is CC1(C(=O)N2CCN(c3cc(C(F)F)cc(Nc4nc(NC5CC5)c5ncc(C#N)n5n4)c3Cl)CC2)COC1. The average molecular weight is 558 g/mol. The molecule has 1 amide bonds. The van der Waals surface area contributed by atoms with Crippen LogP contribution in [0.1, 0.15) is 37.4 Å². The monoisotopic (exact) mass is 557 g/mol. The number of aromatic nitrogens is 4. The Balaban J connectivity index is 1.29. The van der Waals surface area contributed by atoms with E-state index in [4.69, 9.17) is 16.3 Å². The summed E-state index contributed by atoms with van der Waals surface area (Å²) in [7, 11) is 0. The van der Waals surface area contributed by atoms with Crippen LogP contribution < -0.4 is 15.5 Å². The van der Waals surface area contributed by atoms with Crippen molar-refractivity contribution in [2.24, 2.45) is 5.41 Å². The minimum absolute atomic E-state index is 0.0441. The fourth-order valence-electron chi connectivity index (χ4n) is 4.79. The maximum absolute atomic E-state index is 13.9.